The molecule has 180 valence electrons. The van der Waals surface area contributed by atoms with E-state index < -0.39 is 12.1 Å². The second kappa shape index (κ2) is 12.5. The molecule has 0 aromatic heterocycles. The van der Waals surface area contributed by atoms with Crippen molar-refractivity contribution in [2.24, 2.45) is 0 Å². The molecule has 0 spiro atoms. The van der Waals surface area contributed by atoms with Crippen molar-refractivity contribution in [3.8, 4) is 11.1 Å². The number of aryl methyl sites for hydroxylation is 1. The summed E-state index contributed by atoms with van der Waals surface area (Å²) in [6.45, 7) is 3.87. The van der Waals surface area contributed by atoms with Gasteiger partial charge in [-0.2, -0.15) is 0 Å². The Kier molecular flexibility index (Phi) is 8.63. The van der Waals surface area contributed by atoms with Crippen molar-refractivity contribution in [3.05, 3.63) is 144 Å². The van der Waals surface area contributed by atoms with Crippen LogP contribution in [0.3, 0.4) is 0 Å². The van der Waals surface area contributed by atoms with Crippen molar-refractivity contribution in [3.63, 3.8) is 0 Å². The second-order valence-corrected chi connectivity index (χ2v) is 8.70. The van der Waals surface area contributed by atoms with Crippen LogP contribution in [0.5, 0.6) is 0 Å². The van der Waals surface area contributed by atoms with Crippen LogP contribution in [-0.2, 0) is 22.6 Å². The zero-order valence-electron chi connectivity index (χ0n) is 20.2. The molecule has 0 aliphatic carbocycles. The lowest BCUT2D eigenvalue weighted by Crippen LogP contribution is -2.20. The molecular formula is C33H30O3. The standard InChI is InChI=1S/C33H30O3/c1-25(32(34)23-20-26-8-4-2-5-9-26)33(35)36-24-29-16-14-27(15-17-29)12-13-28-18-21-31(22-19-28)30-10-6-3-7-11-30/h2-19,21-22,32,34H,1,20,23-24H2/b13-12+. The van der Waals surface area contributed by atoms with E-state index in [0.717, 1.165) is 22.3 Å². The summed E-state index contributed by atoms with van der Waals surface area (Å²) in [6.07, 6.45) is 4.30. The number of benzene rings is 4. The molecule has 0 saturated carbocycles. The number of ether oxygens (including phenoxy) is 1. The fourth-order valence-electron chi connectivity index (χ4n) is 3.83. The number of hydrogen-bond donors (Lipinski definition) is 1. The lowest BCUT2D eigenvalue weighted by molar-refractivity contribution is -0.141. The molecule has 1 N–H and O–H groups in total. The Morgan fingerprint density at radius 2 is 1.25 bits per heavy atom. The third-order valence-corrected chi connectivity index (χ3v) is 6.05. The first kappa shape index (κ1) is 24.9. The van der Waals surface area contributed by atoms with E-state index in [1.54, 1.807) is 0 Å². The van der Waals surface area contributed by atoms with Crippen LogP contribution in [0.2, 0.25) is 0 Å². The normalized spacial score (nSPS) is 11.8. The van der Waals surface area contributed by atoms with Gasteiger partial charge in [-0.3, -0.25) is 0 Å². The largest absolute Gasteiger partial charge is 0.457 e. The zero-order valence-corrected chi connectivity index (χ0v) is 20.2. The maximum absolute atomic E-state index is 12.3. The van der Waals surface area contributed by atoms with Gasteiger partial charge in [0.05, 0.1) is 11.7 Å². The summed E-state index contributed by atoms with van der Waals surface area (Å²) < 4.78 is 5.36. The van der Waals surface area contributed by atoms with Crippen LogP contribution in [-0.4, -0.2) is 17.2 Å². The molecule has 4 rings (SSSR count). The number of aliphatic hydroxyl groups is 1. The van der Waals surface area contributed by atoms with Gasteiger partial charge in [-0.15, -0.1) is 0 Å². The highest BCUT2D eigenvalue weighted by Gasteiger charge is 2.18. The van der Waals surface area contributed by atoms with Crippen molar-refractivity contribution < 1.29 is 14.6 Å². The van der Waals surface area contributed by atoms with E-state index in [2.05, 4.69) is 55.1 Å². The minimum Gasteiger partial charge on any atom is -0.457 e. The Morgan fingerprint density at radius 3 is 1.86 bits per heavy atom. The van der Waals surface area contributed by atoms with E-state index in [1.165, 1.54) is 11.1 Å². The van der Waals surface area contributed by atoms with Gasteiger partial charge in [0.15, 0.2) is 0 Å². The van der Waals surface area contributed by atoms with Gasteiger partial charge in [-0.05, 0) is 46.2 Å². The Labute approximate surface area is 213 Å². The Morgan fingerprint density at radius 1 is 0.722 bits per heavy atom. The smallest absolute Gasteiger partial charge is 0.336 e. The fourth-order valence-corrected chi connectivity index (χ4v) is 3.83. The van der Waals surface area contributed by atoms with E-state index in [9.17, 15) is 9.90 Å². The van der Waals surface area contributed by atoms with Crippen LogP contribution >= 0.6 is 0 Å². The van der Waals surface area contributed by atoms with Crippen LogP contribution in [0.1, 0.15) is 28.7 Å². The molecule has 4 aromatic carbocycles. The number of hydrogen-bond acceptors (Lipinski definition) is 3. The summed E-state index contributed by atoms with van der Waals surface area (Å²) in [5, 5.41) is 10.3. The first-order valence-corrected chi connectivity index (χ1v) is 12.1. The van der Waals surface area contributed by atoms with E-state index in [-0.39, 0.29) is 12.2 Å². The third kappa shape index (κ3) is 7.14. The van der Waals surface area contributed by atoms with Crippen LogP contribution < -0.4 is 0 Å². The summed E-state index contributed by atoms with van der Waals surface area (Å²) in [6, 6.07) is 36.5. The number of carbonyl (C=O) groups excluding carboxylic acids is 1. The molecule has 0 amide bonds. The van der Waals surface area contributed by atoms with Crippen LogP contribution in [0.15, 0.2) is 121 Å². The summed E-state index contributed by atoms with van der Waals surface area (Å²) in [5.74, 6) is -0.571. The van der Waals surface area contributed by atoms with Crippen molar-refractivity contribution in [2.45, 2.75) is 25.6 Å². The highest BCUT2D eigenvalue weighted by molar-refractivity contribution is 5.88. The molecule has 1 atom stereocenters. The molecule has 1 unspecified atom stereocenters. The number of esters is 1. The Balaban J connectivity index is 1.24. The molecule has 0 aliphatic heterocycles. The molecule has 0 saturated heterocycles. The fraction of sp³-hybridized carbons (Fsp3) is 0.121. The predicted molar refractivity (Wildman–Crippen MR) is 147 cm³/mol. The van der Waals surface area contributed by atoms with E-state index >= 15 is 0 Å². The highest BCUT2D eigenvalue weighted by Crippen LogP contribution is 2.20. The van der Waals surface area contributed by atoms with Gasteiger partial charge in [-0.1, -0.05) is 128 Å². The molecule has 0 radical (unpaired) electrons. The number of aliphatic hydroxyl groups excluding tert-OH is 1. The molecule has 0 fully saturated rings. The first-order chi connectivity index (χ1) is 17.6. The molecule has 0 heterocycles. The second-order valence-electron chi connectivity index (χ2n) is 8.70. The molecule has 3 nitrogen and oxygen atoms in total. The van der Waals surface area contributed by atoms with Crippen LogP contribution in [0.25, 0.3) is 23.3 Å². The van der Waals surface area contributed by atoms with Crippen LogP contribution in [0, 0.1) is 0 Å². The summed E-state index contributed by atoms with van der Waals surface area (Å²) >= 11 is 0. The van der Waals surface area contributed by atoms with Crippen molar-refractivity contribution in [1.29, 1.82) is 0 Å². The average molecular weight is 475 g/mol. The number of carbonyl (C=O) groups is 1. The Bertz CT molecular complexity index is 1290. The first-order valence-electron chi connectivity index (χ1n) is 12.1. The van der Waals surface area contributed by atoms with E-state index in [0.29, 0.717) is 12.8 Å². The van der Waals surface area contributed by atoms with E-state index in [4.69, 9.17) is 4.74 Å². The lowest BCUT2D eigenvalue weighted by Gasteiger charge is -2.13. The molecular weight excluding hydrogens is 444 g/mol. The highest BCUT2D eigenvalue weighted by atomic mass is 16.5. The van der Waals surface area contributed by atoms with Crippen molar-refractivity contribution >= 4 is 18.1 Å². The topological polar surface area (TPSA) is 46.5 Å². The van der Waals surface area contributed by atoms with Gasteiger partial charge in [0.25, 0.3) is 0 Å². The van der Waals surface area contributed by atoms with E-state index in [1.807, 2.05) is 72.8 Å². The quantitative estimate of drug-likeness (QED) is 0.151. The number of rotatable bonds is 10. The molecule has 4 aromatic rings. The average Bonchev–Trinajstić information content (AvgIpc) is 2.95. The van der Waals surface area contributed by atoms with Gasteiger partial charge in [0.1, 0.15) is 6.61 Å². The molecule has 36 heavy (non-hydrogen) atoms. The van der Waals surface area contributed by atoms with Crippen molar-refractivity contribution in [1.82, 2.24) is 0 Å². The molecule has 3 heteroatoms. The van der Waals surface area contributed by atoms with Gasteiger partial charge < -0.3 is 9.84 Å². The summed E-state index contributed by atoms with van der Waals surface area (Å²) in [7, 11) is 0. The monoisotopic (exact) mass is 474 g/mol. The zero-order chi connectivity index (χ0) is 25.2. The lowest BCUT2D eigenvalue weighted by atomic mass is 10.0. The maximum atomic E-state index is 12.3. The van der Waals surface area contributed by atoms with Crippen molar-refractivity contribution in [2.75, 3.05) is 0 Å². The maximum Gasteiger partial charge on any atom is 0.336 e. The SMILES string of the molecule is C=C(C(=O)OCc1ccc(/C=C/c2ccc(-c3ccccc3)cc2)cc1)C(O)CCc1ccccc1. The van der Waals surface area contributed by atoms with Crippen LogP contribution in [0.4, 0.5) is 0 Å². The van der Waals surface area contributed by atoms with Gasteiger partial charge in [-0.25, -0.2) is 4.79 Å². The third-order valence-electron chi connectivity index (χ3n) is 6.05. The minimum absolute atomic E-state index is 0.0868. The predicted octanol–water partition coefficient (Wildman–Crippen LogP) is 7.12. The van der Waals surface area contributed by atoms with Gasteiger partial charge in [0, 0.05) is 0 Å². The summed E-state index contributed by atoms with van der Waals surface area (Å²) in [4.78, 5) is 12.3. The Hall–Kier alpha value is -4.21. The minimum atomic E-state index is -0.924. The van der Waals surface area contributed by atoms with Gasteiger partial charge >= 0.3 is 5.97 Å². The molecule has 0 bridgehead atoms. The summed E-state index contributed by atoms with van der Waals surface area (Å²) in [5.41, 5.74) is 6.64. The molecule has 0 aliphatic rings. The van der Waals surface area contributed by atoms with Gasteiger partial charge in [0.2, 0.25) is 0 Å².